The van der Waals surface area contributed by atoms with Crippen molar-refractivity contribution in [3.8, 4) is 0 Å². The van der Waals surface area contributed by atoms with Crippen LogP contribution in [0, 0.1) is 5.92 Å². The number of hydrogen-bond acceptors (Lipinski definition) is 15. The first-order valence-corrected chi connectivity index (χ1v) is 36.5. The van der Waals surface area contributed by atoms with Crippen molar-refractivity contribution >= 4 is 39.5 Å². The zero-order valence-electron chi connectivity index (χ0n) is 53.5. The third-order valence-electron chi connectivity index (χ3n) is 14.8. The van der Waals surface area contributed by atoms with Gasteiger partial charge >= 0.3 is 39.5 Å². The van der Waals surface area contributed by atoms with Gasteiger partial charge in [-0.15, -0.1) is 0 Å². The van der Waals surface area contributed by atoms with E-state index in [0.29, 0.717) is 25.7 Å². The molecular weight excluding hydrogens is 1110 g/mol. The largest absolute Gasteiger partial charge is 0.472 e. The Balaban J connectivity index is 5.26. The Morgan fingerprint density at radius 1 is 0.381 bits per heavy atom. The number of phosphoric ester groups is 2. The summed E-state index contributed by atoms with van der Waals surface area (Å²) in [4.78, 5) is 72.1. The molecule has 19 heteroatoms. The summed E-state index contributed by atoms with van der Waals surface area (Å²) in [5.74, 6) is -1.45. The van der Waals surface area contributed by atoms with Crippen molar-refractivity contribution in [1.29, 1.82) is 0 Å². The van der Waals surface area contributed by atoms with Gasteiger partial charge in [-0.2, -0.15) is 0 Å². The first kappa shape index (κ1) is 81.5. The van der Waals surface area contributed by atoms with Crippen molar-refractivity contribution in [1.82, 2.24) is 0 Å². The van der Waals surface area contributed by atoms with Crippen molar-refractivity contribution < 1.29 is 80.2 Å². The molecular formula is C65H122O17P2. The van der Waals surface area contributed by atoms with E-state index in [1.165, 1.54) is 103 Å². The molecule has 0 aliphatic rings. The highest BCUT2D eigenvalue weighted by atomic mass is 31.2. The van der Waals surface area contributed by atoms with Gasteiger partial charge in [0.05, 0.1) is 26.4 Å². The summed E-state index contributed by atoms with van der Waals surface area (Å²) in [5.41, 5.74) is 0. The van der Waals surface area contributed by atoms with Crippen LogP contribution in [0.2, 0.25) is 0 Å². The SMILES string of the molecule is CCCCCC/C=C\C=C/CCCCCCCC(=O)O[C@H](COC(=O)CCCCCCCCCCCCCC)COP(=O)(O)OC[C@@H](O)COP(=O)(O)OC[C@@H](COC(=O)CCCCCCCCC)OC(=O)CCCCCCCCC(C)CC. The summed E-state index contributed by atoms with van der Waals surface area (Å²) in [6, 6.07) is 0. The predicted molar refractivity (Wildman–Crippen MR) is 335 cm³/mol. The summed E-state index contributed by atoms with van der Waals surface area (Å²) in [5, 5.41) is 10.5. The van der Waals surface area contributed by atoms with Crippen LogP contribution in [0.4, 0.5) is 0 Å². The molecule has 3 N–H and O–H groups in total. The highest BCUT2D eigenvalue weighted by Gasteiger charge is 2.30. The summed E-state index contributed by atoms with van der Waals surface area (Å²) >= 11 is 0. The lowest BCUT2D eigenvalue weighted by atomic mass is 10.00. The average Bonchev–Trinajstić information content (AvgIpc) is 3.59. The number of hydrogen-bond donors (Lipinski definition) is 3. The quantitative estimate of drug-likeness (QED) is 0.0169. The van der Waals surface area contributed by atoms with E-state index in [0.717, 1.165) is 121 Å². The Bertz CT molecular complexity index is 1730. The van der Waals surface area contributed by atoms with Crippen LogP contribution in [0.5, 0.6) is 0 Å². The van der Waals surface area contributed by atoms with E-state index in [4.69, 9.17) is 37.0 Å². The Morgan fingerprint density at radius 3 is 1.01 bits per heavy atom. The van der Waals surface area contributed by atoms with Gasteiger partial charge in [0.15, 0.2) is 12.2 Å². The van der Waals surface area contributed by atoms with Crippen molar-refractivity contribution in [3.63, 3.8) is 0 Å². The van der Waals surface area contributed by atoms with Crippen LogP contribution in [0.15, 0.2) is 24.3 Å². The number of carbonyl (C=O) groups excluding carboxylic acids is 4. The molecule has 0 bridgehead atoms. The molecule has 0 heterocycles. The molecule has 0 spiro atoms. The molecule has 0 saturated carbocycles. The van der Waals surface area contributed by atoms with Gasteiger partial charge in [0.25, 0.3) is 0 Å². The first-order chi connectivity index (χ1) is 40.6. The number of allylic oxidation sites excluding steroid dienone is 4. The molecule has 0 aliphatic heterocycles. The summed E-state index contributed by atoms with van der Waals surface area (Å²) in [6.45, 7) is 7.04. The van der Waals surface area contributed by atoms with Crippen molar-refractivity contribution in [3.05, 3.63) is 24.3 Å². The third-order valence-corrected chi connectivity index (χ3v) is 16.7. The van der Waals surface area contributed by atoms with Gasteiger partial charge in [-0.05, 0) is 57.3 Å². The number of unbranched alkanes of at least 4 members (excludes halogenated alkanes) is 31. The highest BCUT2D eigenvalue weighted by molar-refractivity contribution is 7.47. The number of phosphoric acid groups is 2. The molecule has 0 rings (SSSR count). The topological polar surface area (TPSA) is 237 Å². The van der Waals surface area contributed by atoms with Crippen LogP contribution in [-0.2, 0) is 65.4 Å². The van der Waals surface area contributed by atoms with E-state index >= 15 is 0 Å². The number of esters is 4. The van der Waals surface area contributed by atoms with E-state index in [1.807, 2.05) is 0 Å². The van der Waals surface area contributed by atoms with Gasteiger partial charge in [0.1, 0.15) is 19.3 Å². The van der Waals surface area contributed by atoms with E-state index in [1.54, 1.807) is 0 Å². The second-order valence-corrected chi connectivity index (χ2v) is 26.0. The minimum atomic E-state index is -4.95. The minimum Gasteiger partial charge on any atom is -0.462 e. The summed E-state index contributed by atoms with van der Waals surface area (Å²) in [7, 11) is -9.90. The summed E-state index contributed by atoms with van der Waals surface area (Å²) < 4.78 is 67.9. The molecule has 17 nitrogen and oxygen atoms in total. The molecule has 0 saturated heterocycles. The van der Waals surface area contributed by atoms with Crippen LogP contribution in [0.1, 0.15) is 304 Å². The zero-order valence-corrected chi connectivity index (χ0v) is 55.3. The maximum Gasteiger partial charge on any atom is 0.472 e. The van der Waals surface area contributed by atoms with E-state index in [2.05, 4.69) is 58.9 Å². The Kier molecular flexibility index (Phi) is 56.5. The smallest absolute Gasteiger partial charge is 0.462 e. The highest BCUT2D eigenvalue weighted by Crippen LogP contribution is 2.45. The molecule has 0 aromatic heterocycles. The lowest BCUT2D eigenvalue weighted by Gasteiger charge is -2.21. The number of rotatable bonds is 63. The number of aliphatic hydroxyl groups excluding tert-OH is 1. The maximum absolute atomic E-state index is 13.0. The van der Waals surface area contributed by atoms with Gasteiger partial charge in [0, 0.05) is 25.7 Å². The Morgan fingerprint density at radius 2 is 0.667 bits per heavy atom. The van der Waals surface area contributed by atoms with Gasteiger partial charge in [0.2, 0.25) is 0 Å². The van der Waals surface area contributed by atoms with Crippen LogP contribution < -0.4 is 0 Å². The molecule has 3 unspecified atom stereocenters. The molecule has 84 heavy (non-hydrogen) atoms. The van der Waals surface area contributed by atoms with Crippen molar-refractivity contribution in [2.24, 2.45) is 5.92 Å². The maximum atomic E-state index is 13.0. The average molecular weight is 1240 g/mol. The third kappa shape index (κ3) is 57.3. The Hall–Kier alpha value is -2.46. The monoisotopic (exact) mass is 1240 g/mol. The van der Waals surface area contributed by atoms with Crippen LogP contribution in [0.3, 0.4) is 0 Å². The molecule has 0 aliphatic carbocycles. The fourth-order valence-electron chi connectivity index (χ4n) is 9.19. The molecule has 494 valence electrons. The standard InChI is InChI=1S/C65H122O17P2/c1-6-10-13-16-19-21-23-25-26-27-29-31-34-40-45-50-64(69)81-60(55-76-63(68)49-44-39-33-30-28-24-22-20-17-14-11-7-2)56-79-83(71,72)77-52-59(66)53-78-84(73,74)80-57-61(54-75-62(67)48-43-38-32-18-15-12-8-3)82-65(70)51-46-41-36-35-37-42-47-58(5)9-4/h21,23,25-26,58-61,66H,6-20,22,24,27-57H2,1-5H3,(H,71,72)(H,73,74)/b23-21-,26-25-/t58?,59-,60-,61-/m1/s1. The van der Waals surface area contributed by atoms with Crippen LogP contribution in [0.25, 0.3) is 0 Å². The van der Waals surface area contributed by atoms with Crippen molar-refractivity contribution in [2.75, 3.05) is 39.6 Å². The van der Waals surface area contributed by atoms with Crippen molar-refractivity contribution in [2.45, 2.75) is 323 Å². The van der Waals surface area contributed by atoms with Crippen LogP contribution in [-0.4, -0.2) is 96.7 Å². The van der Waals surface area contributed by atoms with Gasteiger partial charge in [-0.25, -0.2) is 9.13 Å². The normalized spacial score (nSPS) is 14.7. The lowest BCUT2D eigenvalue weighted by molar-refractivity contribution is -0.161. The second-order valence-electron chi connectivity index (χ2n) is 23.1. The van der Waals surface area contributed by atoms with E-state index in [9.17, 15) is 43.2 Å². The van der Waals surface area contributed by atoms with Crippen LogP contribution >= 0.6 is 15.6 Å². The zero-order chi connectivity index (χ0) is 62.0. The summed E-state index contributed by atoms with van der Waals surface area (Å²) in [6.07, 6.45) is 45.4. The van der Waals surface area contributed by atoms with Gasteiger partial charge in [-0.3, -0.25) is 37.3 Å². The van der Waals surface area contributed by atoms with E-state index < -0.39 is 97.5 Å². The second kappa shape index (κ2) is 58.2. The number of ether oxygens (including phenoxy) is 4. The predicted octanol–water partition coefficient (Wildman–Crippen LogP) is 17.7. The number of aliphatic hydroxyl groups is 1. The molecule has 6 atom stereocenters. The Labute approximate surface area is 510 Å². The van der Waals surface area contributed by atoms with E-state index in [-0.39, 0.29) is 25.7 Å². The molecule has 0 amide bonds. The molecule has 0 fully saturated rings. The fraction of sp³-hybridized carbons (Fsp3) is 0.877. The minimum absolute atomic E-state index is 0.0851. The van der Waals surface area contributed by atoms with Gasteiger partial charge < -0.3 is 33.8 Å². The lowest BCUT2D eigenvalue weighted by Crippen LogP contribution is -2.30. The molecule has 0 radical (unpaired) electrons. The molecule has 0 aromatic rings. The van der Waals surface area contributed by atoms with Gasteiger partial charge in [-0.1, -0.05) is 252 Å². The fourth-order valence-corrected chi connectivity index (χ4v) is 10.8. The first-order valence-electron chi connectivity index (χ1n) is 33.5. The molecule has 0 aromatic carbocycles. The number of carbonyl (C=O) groups is 4.